The van der Waals surface area contributed by atoms with Crippen LogP contribution >= 0.6 is 11.3 Å². The highest BCUT2D eigenvalue weighted by atomic mass is 32.1. The summed E-state index contributed by atoms with van der Waals surface area (Å²) in [5.41, 5.74) is 4.51. The number of ether oxygens (including phenoxy) is 1. The van der Waals surface area contributed by atoms with Gasteiger partial charge in [-0.05, 0) is 43.4 Å². The number of thiazole rings is 1. The van der Waals surface area contributed by atoms with Gasteiger partial charge >= 0.3 is 0 Å². The second-order valence-corrected chi connectivity index (χ2v) is 6.32. The summed E-state index contributed by atoms with van der Waals surface area (Å²) in [7, 11) is 1.71. The molecule has 1 aromatic carbocycles. The first kappa shape index (κ1) is 13.6. The van der Waals surface area contributed by atoms with Gasteiger partial charge in [-0.15, -0.1) is 11.3 Å². The molecule has 3 nitrogen and oxygen atoms in total. The van der Waals surface area contributed by atoms with E-state index in [2.05, 4.69) is 41.5 Å². The topological polar surface area (TPSA) is 34.1 Å². The highest BCUT2D eigenvalue weighted by Gasteiger charge is 2.29. The summed E-state index contributed by atoms with van der Waals surface area (Å²) in [4.78, 5) is 5.64. The number of rotatable bonds is 5. The molecular weight excluding hydrogens is 268 g/mol. The molecule has 20 heavy (non-hydrogen) atoms. The van der Waals surface area contributed by atoms with E-state index >= 15 is 0 Å². The first-order valence-electron chi connectivity index (χ1n) is 7.02. The van der Waals surface area contributed by atoms with Crippen molar-refractivity contribution in [1.82, 2.24) is 10.3 Å². The van der Waals surface area contributed by atoms with Gasteiger partial charge in [0.2, 0.25) is 0 Å². The molecule has 1 N–H and O–H groups in total. The molecule has 1 aliphatic rings. The molecule has 1 heterocycles. The monoisotopic (exact) mass is 288 g/mol. The number of methoxy groups -OCH3 is 1. The quantitative estimate of drug-likeness (QED) is 0.914. The first-order chi connectivity index (χ1) is 9.76. The van der Waals surface area contributed by atoms with Gasteiger partial charge in [0.25, 0.3) is 0 Å². The smallest absolute Gasteiger partial charge is 0.118 e. The van der Waals surface area contributed by atoms with Crippen molar-refractivity contribution in [3.8, 4) is 5.75 Å². The number of aromatic nitrogens is 1. The number of benzene rings is 1. The minimum Gasteiger partial charge on any atom is -0.497 e. The summed E-state index contributed by atoms with van der Waals surface area (Å²) < 4.78 is 5.20. The Bertz CT molecular complexity index is 558. The predicted molar refractivity (Wildman–Crippen MR) is 82.4 cm³/mol. The number of nitrogens with one attached hydrogen (secondary N) is 1. The summed E-state index contributed by atoms with van der Waals surface area (Å²) in [6.45, 7) is 3.03. The minimum absolute atomic E-state index is 0.642. The molecule has 0 aliphatic heterocycles. The number of aryl methyl sites for hydroxylation is 1. The first-order valence-corrected chi connectivity index (χ1v) is 7.90. The van der Waals surface area contributed by atoms with Crippen molar-refractivity contribution >= 4 is 11.3 Å². The maximum Gasteiger partial charge on any atom is 0.118 e. The van der Waals surface area contributed by atoms with Crippen molar-refractivity contribution in [1.29, 1.82) is 0 Å². The Morgan fingerprint density at radius 3 is 2.65 bits per heavy atom. The number of nitrogens with zero attached hydrogens (tertiary/aromatic N) is 1. The summed E-state index contributed by atoms with van der Waals surface area (Å²) in [6, 6.07) is 9.12. The van der Waals surface area contributed by atoms with Crippen LogP contribution in [-0.4, -0.2) is 18.1 Å². The van der Waals surface area contributed by atoms with E-state index in [0.29, 0.717) is 12.0 Å². The molecule has 0 saturated heterocycles. The lowest BCUT2D eigenvalue weighted by Gasteiger charge is -2.36. The molecule has 1 fully saturated rings. The van der Waals surface area contributed by atoms with Gasteiger partial charge in [-0.2, -0.15) is 0 Å². The van der Waals surface area contributed by atoms with Gasteiger partial charge in [-0.25, -0.2) is 4.98 Å². The van der Waals surface area contributed by atoms with Crippen molar-refractivity contribution in [2.24, 2.45) is 0 Å². The van der Waals surface area contributed by atoms with Gasteiger partial charge in [0.1, 0.15) is 5.75 Å². The molecule has 2 aromatic rings. The maximum atomic E-state index is 5.20. The van der Waals surface area contributed by atoms with Crippen molar-refractivity contribution in [3.63, 3.8) is 0 Å². The molecule has 0 bridgehead atoms. The highest BCUT2D eigenvalue weighted by molar-refractivity contribution is 7.09. The average molecular weight is 288 g/mol. The molecule has 0 radical (unpaired) electrons. The molecule has 1 saturated carbocycles. The molecule has 4 heteroatoms. The molecule has 106 valence electrons. The fourth-order valence-corrected chi connectivity index (χ4v) is 3.39. The molecule has 0 atom stereocenters. The normalized spacial score (nSPS) is 21.5. The third-order valence-electron chi connectivity index (χ3n) is 4.12. The maximum absolute atomic E-state index is 5.20. The van der Waals surface area contributed by atoms with Gasteiger partial charge in [0.15, 0.2) is 0 Å². The van der Waals surface area contributed by atoms with Gasteiger partial charge in [-0.3, -0.25) is 0 Å². The van der Waals surface area contributed by atoms with E-state index in [-0.39, 0.29) is 0 Å². The van der Waals surface area contributed by atoms with E-state index in [4.69, 9.17) is 4.74 Å². The Hall–Kier alpha value is -1.39. The summed E-state index contributed by atoms with van der Waals surface area (Å²) in [5.74, 6) is 1.63. The zero-order valence-corrected chi connectivity index (χ0v) is 12.7. The van der Waals surface area contributed by atoms with Crippen LogP contribution < -0.4 is 10.1 Å². The summed E-state index contributed by atoms with van der Waals surface area (Å²) in [5, 5.41) is 3.63. The van der Waals surface area contributed by atoms with Crippen LogP contribution in [0, 0.1) is 6.92 Å². The Labute approximate surface area is 124 Å². The van der Waals surface area contributed by atoms with E-state index in [9.17, 15) is 0 Å². The lowest BCUT2D eigenvalue weighted by atomic mass is 9.76. The Balaban J connectivity index is 1.47. The van der Waals surface area contributed by atoms with Crippen molar-refractivity contribution in [2.75, 3.05) is 7.11 Å². The van der Waals surface area contributed by atoms with Crippen molar-refractivity contribution in [2.45, 2.75) is 38.3 Å². The van der Waals surface area contributed by atoms with E-state index < -0.39 is 0 Å². The number of hydrogen-bond donors (Lipinski definition) is 1. The minimum atomic E-state index is 0.642. The van der Waals surface area contributed by atoms with E-state index in [0.717, 1.165) is 18.0 Å². The lowest BCUT2D eigenvalue weighted by Crippen LogP contribution is -2.39. The molecule has 0 spiro atoms. The van der Waals surface area contributed by atoms with Gasteiger partial charge < -0.3 is 10.1 Å². The molecule has 3 rings (SSSR count). The van der Waals surface area contributed by atoms with Crippen molar-refractivity contribution in [3.05, 3.63) is 45.9 Å². The summed E-state index contributed by atoms with van der Waals surface area (Å²) in [6.07, 6.45) is 2.45. The van der Waals surface area contributed by atoms with E-state index in [1.807, 2.05) is 5.51 Å². The van der Waals surface area contributed by atoms with Crippen LogP contribution in [0.25, 0.3) is 0 Å². The van der Waals surface area contributed by atoms with Crippen LogP contribution in [0.5, 0.6) is 5.75 Å². The SMILES string of the molecule is COc1ccc(C2CC(NCc3scnc3C)C2)cc1. The fourth-order valence-electron chi connectivity index (χ4n) is 2.67. The predicted octanol–water partition coefficient (Wildman–Crippen LogP) is 3.50. The van der Waals surface area contributed by atoms with Crippen molar-refractivity contribution < 1.29 is 4.74 Å². The molecular formula is C16H20N2OS. The molecule has 1 aliphatic carbocycles. The number of hydrogen-bond acceptors (Lipinski definition) is 4. The standard InChI is InChI=1S/C16H20N2OS/c1-11-16(20-10-18-11)9-17-14-7-13(8-14)12-3-5-15(19-2)6-4-12/h3-6,10,13-14,17H,7-9H2,1-2H3. The lowest BCUT2D eigenvalue weighted by molar-refractivity contribution is 0.290. The molecule has 0 amide bonds. The van der Waals surface area contributed by atoms with Crippen LogP contribution in [0.15, 0.2) is 29.8 Å². The van der Waals surface area contributed by atoms with E-state index in [1.165, 1.54) is 23.3 Å². The van der Waals surface area contributed by atoms with Crippen LogP contribution in [0.2, 0.25) is 0 Å². The van der Waals surface area contributed by atoms with Gasteiger partial charge in [0.05, 0.1) is 18.3 Å². The van der Waals surface area contributed by atoms with Gasteiger partial charge in [-0.1, -0.05) is 12.1 Å². The van der Waals surface area contributed by atoms with Crippen LogP contribution in [0.1, 0.15) is 34.9 Å². The zero-order chi connectivity index (χ0) is 13.9. The highest BCUT2D eigenvalue weighted by Crippen LogP contribution is 2.37. The third kappa shape index (κ3) is 2.86. The average Bonchev–Trinajstić information content (AvgIpc) is 2.83. The third-order valence-corrected chi connectivity index (χ3v) is 5.06. The largest absolute Gasteiger partial charge is 0.497 e. The Morgan fingerprint density at radius 2 is 2.05 bits per heavy atom. The van der Waals surface area contributed by atoms with Crippen LogP contribution in [-0.2, 0) is 6.54 Å². The second-order valence-electron chi connectivity index (χ2n) is 5.38. The van der Waals surface area contributed by atoms with Crippen LogP contribution in [0.3, 0.4) is 0 Å². The Morgan fingerprint density at radius 1 is 1.30 bits per heavy atom. The second kappa shape index (κ2) is 5.94. The molecule has 0 unspecified atom stereocenters. The van der Waals surface area contributed by atoms with Gasteiger partial charge in [0, 0.05) is 17.5 Å². The Kier molecular flexibility index (Phi) is 4.03. The fraction of sp³-hybridized carbons (Fsp3) is 0.438. The summed E-state index contributed by atoms with van der Waals surface area (Å²) >= 11 is 1.74. The molecule has 1 aromatic heterocycles. The van der Waals surface area contributed by atoms with Crippen LogP contribution in [0.4, 0.5) is 0 Å². The zero-order valence-electron chi connectivity index (χ0n) is 11.9. The van der Waals surface area contributed by atoms with E-state index in [1.54, 1.807) is 18.4 Å².